The van der Waals surface area contributed by atoms with Crippen molar-refractivity contribution in [3.63, 3.8) is 0 Å². The minimum absolute atomic E-state index is 0.110. The van der Waals surface area contributed by atoms with Crippen molar-refractivity contribution in [2.24, 2.45) is 5.92 Å². The molecule has 0 bridgehead atoms. The van der Waals surface area contributed by atoms with E-state index in [0.717, 1.165) is 25.4 Å². The number of hydrogen-bond acceptors (Lipinski definition) is 3. The Balaban J connectivity index is 1.33. The van der Waals surface area contributed by atoms with Crippen LogP contribution in [0.5, 0.6) is 0 Å². The van der Waals surface area contributed by atoms with Crippen LogP contribution in [0.2, 0.25) is 0 Å². The summed E-state index contributed by atoms with van der Waals surface area (Å²) >= 11 is 1.76. The zero-order valence-corrected chi connectivity index (χ0v) is 13.8. The molecule has 4 rings (SSSR count). The number of piperidine rings is 1. The third kappa shape index (κ3) is 2.79. The zero-order valence-electron chi connectivity index (χ0n) is 13.0. The quantitative estimate of drug-likeness (QED) is 0.910. The number of nitrogens with zero attached hydrogens (tertiary/aromatic N) is 1. The number of nitrogens with one attached hydrogen (secondary N) is 1. The van der Waals surface area contributed by atoms with Crippen molar-refractivity contribution in [2.75, 3.05) is 19.6 Å². The van der Waals surface area contributed by atoms with Crippen LogP contribution in [0.3, 0.4) is 0 Å². The number of likely N-dealkylation sites (tertiary alicyclic amines) is 1. The lowest BCUT2D eigenvalue weighted by Crippen LogP contribution is -2.46. The van der Waals surface area contributed by atoms with Crippen LogP contribution in [0.15, 0.2) is 29.2 Å². The number of thioether (sulfide) groups is 1. The molecule has 2 saturated heterocycles. The van der Waals surface area contributed by atoms with Crippen molar-refractivity contribution in [3.8, 4) is 0 Å². The molecule has 3 heterocycles. The number of carbonyl (C=O) groups is 1. The highest BCUT2D eigenvalue weighted by Gasteiger charge is 2.35. The van der Waals surface area contributed by atoms with Gasteiger partial charge in [-0.05, 0) is 56.2 Å². The minimum Gasteiger partial charge on any atom is -0.342 e. The van der Waals surface area contributed by atoms with Crippen molar-refractivity contribution in [2.45, 2.75) is 48.3 Å². The fourth-order valence-electron chi connectivity index (χ4n) is 4.16. The number of amides is 1. The van der Waals surface area contributed by atoms with Gasteiger partial charge in [0.2, 0.25) is 5.91 Å². The van der Waals surface area contributed by atoms with Gasteiger partial charge in [0.15, 0.2) is 0 Å². The van der Waals surface area contributed by atoms with Crippen molar-refractivity contribution in [1.29, 1.82) is 0 Å². The largest absolute Gasteiger partial charge is 0.342 e. The molecule has 3 nitrogen and oxygen atoms in total. The van der Waals surface area contributed by atoms with Gasteiger partial charge in [-0.25, -0.2) is 0 Å². The molecule has 1 aromatic carbocycles. The highest BCUT2D eigenvalue weighted by molar-refractivity contribution is 8.01. The molecule has 2 fully saturated rings. The van der Waals surface area contributed by atoms with E-state index >= 15 is 0 Å². The van der Waals surface area contributed by atoms with Crippen LogP contribution in [0.25, 0.3) is 0 Å². The number of carbonyl (C=O) groups excluding carboxylic acids is 1. The number of hydrogen-bond donors (Lipinski definition) is 1. The smallest absolute Gasteiger partial charge is 0.236 e. The van der Waals surface area contributed by atoms with E-state index in [1.165, 1.54) is 42.7 Å². The first-order chi connectivity index (χ1) is 10.8. The number of benzene rings is 1. The lowest BCUT2D eigenvalue weighted by atomic mass is 9.88. The van der Waals surface area contributed by atoms with Crippen LogP contribution in [0, 0.1) is 5.92 Å². The Morgan fingerprint density at radius 3 is 2.73 bits per heavy atom. The molecule has 0 spiro atoms. The van der Waals surface area contributed by atoms with Crippen molar-refractivity contribution in [3.05, 3.63) is 29.8 Å². The predicted molar refractivity (Wildman–Crippen MR) is 90.1 cm³/mol. The van der Waals surface area contributed by atoms with Gasteiger partial charge >= 0.3 is 0 Å². The Morgan fingerprint density at radius 1 is 1.18 bits per heavy atom. The van der Waals surface area contributed by atoms with E-state index in [0.29, 0.717) is 11.9 Å². The summed E-state index contributed by atoms with van der Waals surface area (Å²) in [6.45, 7) is 3.09. The summed E-state index contributed by atoms with van der Waals surface area (Å²) in [7, 11) is 0. The molecular formula is C18H24N2OS. The second-order valence-corrected chi connectivity index (χ2v) is 8.03. The highest BCUT2D eigenvalue weighted by atomic mass is 32.2. The van der Waals surface area contributed by atoms with Gasteiger partial charge in [0.05, 0.1) is 5.25 Å². The van der Waals surface area contributed by atoms with Gasteiger partial charge < -0.3 is 10.2 Å². The Morgan fingerprint density at radius 2 is 2.00 bits per heavy atom. The molecule has 3 aliphatic rings. The van der Waals surface area contributed by atoms with Gasteiger partial charge in [0, 0.05) is 24.0 Å². The van der Waals surface area contributed by atoms with E-state index in [1.54, 1.807) is 11.8 Å². The van der Waals surface area contributed by atoms with Gasteiger partial charge in [-0.3, -0.25) is 4.79 Å². The minimum atomic E-state index is 0.110. The molecule has 3 aliphatic heterocycles. The van der Waals surface area contributed by atoms with E-state index in [2.05, 4.69) is 34.5 Å². The summed E-state index contributed by atoms with van der Waals surface area (Å²) in [6.07, 6.45) is 5.90. The molecule has 1 N–H and O–H groups in total. The first-order valence-electron chi connectivity index (χ1n) is 8.58. The normalized spacial score (nSPS) is 28.8. The Labute approximate surface area is 136 Å². The summed E-state index contributed by atoms with van der Waals surface area (Å²) in [6, 6.07) is 9.16. The molecule has 0 aromatic heterocycles. The maximum atomic E-state index is 12.8. The lowest BCUT2D eigenvalue weighted by Gasteiger charge is -2.36. The first-order valence-corrected chi connectivity index (χ1v) is 9.46. The van der Waals surface area contributed by atoms with E-state index < -0.39 is 0 Å². The number of rotatable bonds is 2. The fourth-order valence-corrected chi connectivity index (χ4v) is 5.44. The van der Waals surface area contributed by atoms with Crippen molar-refractivity contribution >= 4 is 17.7 Å². The van der Waals surface area contributed by atoms with Crippen molar-refractivity contribution in [1.82, 2.24) is 10.2 Å². The second-order valence-electron chi connectivity index (χ2n) is 6.78. The number of fused-ring (bicyclic) bond motifs is 1. The average Bonchev–Trinajstić information content (AvgIpc) is 3.23. The highest BCUT2D eigenvalue weighted by Crippen LogP contribution is 2.38. The zero-order chi connectivity index (χ0) is 14.9. The van der Waals surface area contributed by atoms with Crippen LogP contribution in [-0.4, -0.2) is 41.7 Å². The monoisotopic (exact) mass is 316 g/mol. The molecule has 0 saturated carbocycles. The Kier molecular flexibility index (Phi) is 4.14. The summed E-state index contributed by atoms with van der Waals surface area (Å²) in [4.78, 5) is 16.2. The molecule has 0 radical (unpaired) electrons. The van der Waals surface area contributed by atoms with E-state index in [9.17, 15) is 4.79 Å². The third-order valence-electron chi connectivity index (χ3n) is 5.44. The summed E-state index contributed by atoms with van der Waals surface area (Å²) in [5.74, 6) is 1.14. The second kappa shape index (κ2) is 6.25. The molecule has 1 amide bonds. The van der Waals surface area contributed by atoms with Gasteiger partial charge in [0.1, 0.15) is 0 Å². The average molecular weight is 316 g/mol. The van der Waals surface area contributed by atoms with E-state index in [4.69, 9.17) is 0 Å². The molecule has 4 heteroatoms. The molecule has 1 aromatic rings. The maximum absolute atomic E-state index is 12.8. The van der Waals surface area contributed by atoms with Crippen LogP contribution in [0.1, 0.15) is 31.2 Å². The van der Waals surface area contributed by atoms with Crippen molar-refractivity contribution < 1.29 is 4.79 Å². The van der Waals surface area contributed by atoms with E-state index in [-0.39, 0.29) is 5.25 Å². The third-order valence-corrected chi connectivity index (χ3v) is 6.75. The first kappa shape index (κ1) is 14.6. The van der Waals surface area contributed by atoms with E-state index in [1.807, 2.05) is 0 Å². The summed E-state index contributed by atoms with van der Waals surface area (Å²) < 4.78 is 0. The summed E-state index contributed by atoms with van der Waals surface area (Å²) in [5.41, 5.74) is 1.34. The SMILES string of the molecule is O=C(C1Cc2ccccc2S1)N1CCC(C2CCCN2)CC1. The van der Waals surface area contributed by atoms with Crippen LogP contribution in [-0.2, 0) is 11.2 Å². The topological polar surface area (TPSA) is 32.3 Å². The fraction of sp³-hybridized carbons (Fsp3) is 0.611. The summed E-state index contributed by atoms with van der Waals surface area (Å²) in [5, 5.41) is 3.74. The molecule has 118 valence electrons. The molecular weight excluding hydrogens is 292 g/mol. The molecule has 0 aliphatic carbocycles. The van der Waals surface area contributed by atoms with Crippen LogP contribution in [0.4, 0.5) is 0 Å². The standard InChI is InChI=1S/C18H24N2OS/c21-18(17-12-14-4-1-2-6-16(14)22-17)20-10-7-13(8-11-20)15-5-3-9-19-15/h1-2,4,6,13,15,17,19H,3,5,7-12H2. The molecule has 2 atom stereocenters. The van der Waals surface area contributed by atoms with Crippen LogP contribution >= 0.6 is 11.8 Å². The van der Waals surface area contributed by atoms with Gasteiger partial charge in [-0.2, -0.15) is 0 Å². The lowest BCUT2D eigenvalue weighted by molar-refractivity contribution is -0.132. The van der Waals surface area contributed by atoms with Crippen LogP contribution < -0.4 is 5.32 Å². The molecule has 2 unspecified atom stereocenters. The van der Waals surface area contributed by atoms with Gasteiger partial charge in [-0.1, -0.05) is 18.2 Å². The maximum Gasteiger partial charge on any atom is 0.236 e. The van der Waals surface area contributed by atoms with Gasteiger partial charge in [0.25, 0.3) is 0 Å². The Bertz CT molecular complexity index is 523. The molecule has 22 heavy (non-hydrogen) atoms. The predicted octanol–water partition coefficient (Wildman–Crippen LogP) is 2.69. The Hall–Kier alpha value is -1.00. The van der Waals surface area contributed by atoms with Gasteiger partial charge in [-0.15, -0.1) is 11.8 Å².